The quantitative estimate of drug-likeness (QED) is 0.456. The molecule has 1 saturated heterocycles. The summed E-state index contributed by atoms with van der Waals surface area (Å²) >= 11 is 0. The van der Waals surface area contributed by atoms with Crippen LogP contribution >= 0.6 is 0 Å². The van der Waals surface area contributed by atoms with Gasteiger partial charge in [0.15, 0.2) is 8.32 Å². The zero-order valence-corrected chi connectivity index (χ0v) is 20.8. The van der Waals surface area contributed by atoms with Crippen LogP contribution in [-0.4, -0.2) is 44.8 Å². The van der Waals surface area contributed by atoms with E-state index in [1.807, 2.05) is 38.2 Å². The van der Waals surface area contributed by atoms with Crippen molar-refractivity contribution in [3.63, 3.8) is 0 Å². The highest BCUT2D eigenvalue weighted by Crippen LogP contribution is 2.70. The van der Waals surface area contributed by atoms with Gasteiger partial charge >= 0.3 is 0 Å². The van der Waals surface area contributed by atoms with Crippen molar-refractivity contribution in [2.45, 2.75) is 78.7 Å². The molecule has 3 rings (SSSR count). The minimum absolute atomic E-state index is 0.0482. The van der Waals surface area contributed by atoms with Gasteiger partial charge in [-0.25, -0.2) is 12.7 Å². The van der Waals surface area contributed by atoms with Crippen molar-refractivity contribution in [3.05, 3.63) is 24.3 Å². The van der Waals surface area contributed by atoms with Gasteiger partial charge in [-0.05, 0) is 64.1 Å². The number of allylic oxidation sites excluding steroid dienone is 2. The van der Waals surface area contributed by atoms with E-state index in [1.165, 1.54) is 4.31 Å². The van der Waals surface area contributed by atoms with Crippen molar-refractivity contribution in [3.8, 4) is 0 Å². The Balaban J connectivity index is 2.00. The van der Waals surface area contributed by atoms with Crippen LogP contribution in [0.25, 0.3) is 0 Å². The molecule has 2 aliphatic carbocycles. The molecule has 0 N–H and O–H groups in total. The van der Waals surface area contributed by atoms with Gasteiger partial charge in [0.25, 0.3) is 0 Å². The lowest BCUT2D eigenvalue weighted by atomic mass is 9.69. The van der Waals surface area contributed by atoms with Gasteiger partial charge in [0.05, 0.1) is 23.8 Å². The molecule has 0 aromatic carbocycles. The molecule has 5 atom stereocenters. The highest BCUT2D eigenvalue weighted by atomic mass is 32.2. The van der Waals surface area contributed by atoms with Crippen LogP contribution in [0.3, 0.4) is 0 Å². The number of hydrogen-bond acceptors (Lipinski definition) is 4. The monoisotopic (exact) mass is 439 g/mol. The van der Waals surface area contributed by atoms with Crippen molar-refractivity contribution in [1.29, 1.82) is 0 Å². The van der Waals surface area contributed by atoms with Gasteiger partial charge in [-0.3, -0.25) is 4.79 Å². The van der Waals surface area contributed by atoms with Crippen molar-refractivity contribution in [1.82, 2.24) is 4.31 Å². The van der Waals surface area contributed by atoms with E-state index < -0.39 is 30.4 Å². The smallest absolute Gasteiger partial charge is 0.246 e. The average Bonchev–Trinajstić information content (AvgIpc) is 3.05. The molecule has 1 heterocycles. The first-order chi connectivity index (χ1) is 13.3. The third-order valence-electron chi connectivity index (χ3n) is 7.54. The molecule has 3 fully saturated rings. The molecule has 1 amide bonds. The number of hydrogen-bond donors (Lipinski definition) is 0. The molecule has 29 heavy (non-hydrogen) atoms. The molecule has 0 unspecified atom stereocenters. The molecule has 0 aromatic heterocycles. The number of fused-ring (bicyclic) bond motifs is 1. The lowest BCUT2D eigenvalue weighted by molar-refractivity contribution is -0.133. The largest absolute Gasteiger partial charge is 0.410 e. The standard InChI is InChI=1S/C22H37NO4SSi/c1-8-10-17(18(11-9-2)27-29(5,6)7)20(24)23-19-14-16-12-13-22(19,21(16,3)4)15-28(23,25)26/h8-11,16-19H,12-15H2,1-7H3/b10-8+,11-9+/t16-,17-,18+,19-,22-/m1/s1. The van der Waals surface area contributed by atoms with Gasteiger partial charge in [0.1, 0.15) is 0 Å². The fourth-order valence-corrected chi connectivity index (χ4v) is 9.71. The van der Waals surface area contributed by atoms with Crippen LogP contribution in [0.4, 0.5) is 0 Å². The fourth-order valence-electron chi connectivity index (χ4n) is 6.10. The molecular formula is C22H37NO4SSi. The predicted octanol–water partition coefficient (Wildman–Crippen LogP) is 4.34. The second-order valence-corrected chi connectivity index (χ2v) is 16.8. The average molecular weight is 440 g/mol. The second-order valence-electron chi connectivity index (χ2n) is 10.5. The lowest BCUT2D eigenvalue weighted by Gasteiger charge is -2.38. The van der Waals surface area contributed by atoms with Crippen molar-refractivity contribution < 1.29 is 17.6 Å². The summed E-state index contributed by atoms with van der Waals surface area (Å²) in [5.74, 6) is -0.362. The van der Waals surface area contributed by atoms with E-state index in [-0.39, 0.29) is 28.5 Å². The summed E-state index contributed by atoms with van der Waals surface area (Å²) in [6.45, 7) is 14.4. The Hall–Kier alpha value is -0.923. The Morgan fingerprint density at radius 2 is 1.79 bits per heavy atom. The number of carbonyl (C=O) groups excluding carboxylic acids is 1. The third-order valence-corrected chi connectivity index (χ3v) is 10.4. The summed E-state index contributed by atoms with van der Waals surface area (Å²) in [4.78, 5) is 13.8. The molecule has 2 saturated carbocycles. The Morgan fingerprint density at radius 1 is 1.17 bits per heavy atom. The minimum Gasteiger partial charge on any atom is -0.410 e. The molecular weight excluding hydrogens is 402 g/mol. The van der Waals surface area contributed by atoms with E-state index >= 15 is 0 Å². The normalized spacial score (nSPS) is 34.8. The van der Waals surface area contributed by atoms with Crippen LogP contribution < -0.4 is 0 Å². The number of amides is 1. The zero-order chi connectivity index (χ0) is 21.8. The fraction of sp³-hybridized carbons (Fsp3) is 0.773. The van der Waals surface area contributed by atoms with E-state index in [4.69, 9.17) is 4.43 Å². The molecule has 164 valence electrons. The van der Waals surface area contributed by atoms with Crippen LogP contribution in [0.15, 0.2) is 24.3 Å². The third kappa shape index (κ3) is 3.57. The Labute approximate surface area is 177 Å². The van der Waals surface area contributed by atoms with E-state index in [0.29, 0.717) is 5.92 Å². The summed E-state index contributed by atoms with van der Waals surface area (Å²) in [5.41, 5.74) is -0.351. The van der Waals surface area contributed by atoms with Crippen molar-refractivity contribution in [2.75, 3.05) is 5.75 Å². The SMILES string of the molecule is C/C=C/[C@H](O[Si](C)(C)C)[C@@H](/C=C/C)C(=O)N1[C@@H]2C[C@H]3CC[C@]2(CS1(=O)=O)C3(C)C. The molecule has 1 spiro atoms. The molecule has 7 heteroatoms. The molecule has 1 aliphatic heterocycles. The van der Waals surface area contributed by atoms with Crippen molar-refractivity contribution in [2.24, 2.45) is 22.7 Å². The van der Waals surface area contributed by atoms with E-state index in [1.54, 1.807) is 0 Å². The topological polar surface area (TPSA) is 63.7 Å². The minimum atomic E-state index is -3.63. The first-order valence-electron chi connectivity index (χ1n) is 10.8. The highest BCUT2D eigenvalue weighted by Gasteiger charge is 2.72. The van der Waals surface area contributed by atoms with Crippen LogP contribution in [0.2, 0.25) is 19.6 Å². The Morgan fingerprint density at radius 3 is 2.31 bits per heavy atom. The Kier molecular flexibility index (Phi) is 5.76. The highest BCUT2D eigenvalue weighted by molar-refractivity contribution is 7.90. The first kappa shape index (κ1) is 22.8. The number of sulfonamides is 1. The number of nitrogens with zero attached hydrogens (tertiary/aromatic N) is 1. The molecule has 2 bridgehead atoms. The molecule has 0 radical (unpaired) electrons. The lowest BCUT2D eigenvalue weighted by Crippen LogP contribution is -2.49. The van der Waals surface area contributed by atoms with Crippen molar-refractivity contribution >= 4 is 24.2 Å². The van der Waals surface area contributed by atoms with E-state index in [0.717, 1.165) is 19.3 Å². The van der Waals surface area contributed by atoms with Gasteiger partial charge in [0, 0.05) is 5.41 Å². The van der Waals surface area contributed by atoms with E-state index in [2.05, 4.69) is 33.5 Å². The molecule has 0 aromatic rings. The van der Waals surface area contributed by atoms with Crippen LogP contribution in [0, 0.1) is 22.7 Å². The number of carbonyl (C=O) groups is 1. The summed E-state index contributed by atoms with van der Waals surface area (Å²) in [6, 6.07) is -0.209. The maximum absolute atomic E-state index is 13.8. The van der Waals surface area contributed by atoms with Gasteiger partial charge in [-0.15, -0.1) is 0 Å². The van der Waals surface area contributed by atoms with Gasteiger partial charge < -0.3 is 4.43 Å². The first-order valence-corrected chi connectivity index (χ1v) is 15.8. The van der Waals surface area contributed by atoms with Crippen LogP contribution in [0.5, 0.6) is 0 Å². The number of rotatable bonds is 6. The van der Waals surface area contributed by atoms with Gasteiger partial charge in [-0.1, -0.05) is 38.2 Å². The second kappa shape index (κ2) is 7.34. The van der Waals surface area contributed by atoms with E-state index in [9.17, 15) is 13.2 Å². The molecule has 3 aliphatic rings. The van der Waals surface area contributed by atoms with Crippen LogP contribution in [0.1, 0.15) is 47.0 Å². The summed E-state index contributed by atoms with van der Waals surface area (Å²) in [7, 11) is -5.57. The summed E-state index contributed by atoms with van der Waals surface area (Å²) in [6.07, 6.45) is 9.73. The Bertz CT molecular complexity index is 826. The van der Waals surface area contributed by atoms with Gasteiger partial charge in [0.2, 0.25) is 15.9 Å². The summed E-state index contributed by atoms with van der Waals surface area (Å²) in [5, 5.41) is 0. The maximum Gasteiger partial charge on any atom is 0.246 e. The van der Waals surface area contributed by atoms with Gasteiger partial charge in [-0.2, -0.15) is 0 Å². The van der Waals surface area contributed by atoms with Crippen LogP contribution in [-0.2, 0) is 19.2 Å². The summed E-state index contributed by atoms with van der Waals surface area (Å²) < 4.78 is 34.2. The zero-order valence-electron chi connectivity index (χ0n) is 18.9. The maximum atomic E-state index is 13.8. The molecule has 5 nitrogen and oxygen atoms in total. The predicted molar refractivity (Wildman–Crippen MR) is 119 cm³/mol.